The Bertz CT molecular complexity index is 1340. The molecule has 0 unspecified atom stereocenters. The molecular weight excluding hydrogens is 472 g/mol. The van der Waals surface area contributed by atoms with E-state index in [9.17, 15) is 0 Å². The van der Waals surface area contributed by atoms with Gasteiger partial charge in [0.2, 0.25) is 0 Å². The highest BCUT2D eigenvalue weighted by Crippen LogP contribution is 2.46. The second-order valence-electron chi connectivity index (χ2n) is 8.26. The van der Waals surface area contributed by atoms with Gasteiger partial charge in [-0.3, -0.25) is 4.98 Å². The first-order valence-corrected chi connectivity index (χ1v) is 12.2. The molecule has 1 aliphatic rings. The van der Waals surface area contributed by atoms with Crippen LogP contribution in [-0.4, -0.2) is 35.5 Å². The second kappa shape index (κ2) is 10.3. The van der Waals surface area contributed by atoms with Crippen LogP contribution in [0.1, 0.15) is 30.4 Å². The number of hydrogen-bond acceptors (Lipinski definition) is 5. The van der Waals surface area contributed by atoms with Gasteiger partial charge in [-0.2, -0.15) is 0 Å². The van der Waals surface area contributed by atoms with Gasteiger partial charge in [0.05, 0.1) is 38.2 Å². The maximum Gasteiger partial charge on any atom is 0.174 e. The third-order valence-electron chi connectivity index (χ3n) is 6.25. The van der Waals surface area contributed by atoms with E-state index in [1.54, 1.807) is 20.4 Å². The minimum atomic E-state index is -0.213. The summed E-state index contributed by atoms with van der Waals surface area (Å²) in [6, 6.07) is 23.5. The smallest absolute Gasteiger partial charge is 0.174 e. The van der Waals surface area contributed by atoms with Gasteiger partial charge in [-0.1, -0.05) is 6.07 Å². The number of thiocarbonyl (C=S) groups is 1. The fourth-order valence-electron chi connectivity index (χ4n) is 4.64. The van der Waals surface area contributed by atoms with Crippen LogP contribution in [0.4, 0.5) is 5.69 Å². The summed E-state index contributed by atoms with van der Waals surface area (Å²) in [5.41, 5.74) is 3.78. The largest absolute Gasteiger partial charge is 0.497 e. The van der Waals surface area contributed by atoms with Crippen molar-refractivity contribution in [2.24, 2.45) is 0 Å². The minimum Gasteiger partial charge on any atom is -0.497 e. The molecule has 184 valence electrons. The number of benzene rings is 2. The minimum absolute atomic E-state index is 0.189. The fraction of sp³-hybridized carbons (Fsp3) is 0.214. The molecule has 3 heterocycles. The van der Waals surface area contributed by atoms with Gasteiger partial charge >= 0.3 is 0 Å². The Morgan fingerprint density at radius 1 is 0.944 bits per heavy atom. The zero-order valence-electron chi connectivity index (χ0n) is 20.4. The molecule has 0 spiro atoms. The van der Waals surface area contributed by atoms with Crippen LogP contribution in [-0.2, 0) is 0 Å². The van der Waals surface area contributed by atoms with Gasteiger partial charge in [0.25, 0.3) is 0 Å². The van der Waals surface area contributed by atoms with Crippen LogP contribution in [0.5, 0.6) is 17.2 Å². The average molecular weight is 501 g/mol. The summed E-state index contributed by atoms with van der Waals surface area (Å²) < 4.78 is 19.1. The first-order chi connectivity index (χ1) is 17.6. The molecule has 1 saturated heterocycles. The summed E-state index contributed by atoms with van der Waals surface area (Å²) in [5, 5.41) is 4.10. The van der Waals surface area contributed by atoms with Crippen molar-refractivity contribution in [3.63, 3.8) is 0 Å². The normalized spacial score (nSPS) is 17.1. The zero-order valence-corrected chi connectivity index (χ0v) is 21.2. The predicted molar refractivity (Wildman–Crippen MR) is 144 cm³/mol. The van der Waals surface area contributed by atoms with E-state index in [2.05, 4.69) is 44.2 Å². The van der Waals surface area contributed by atoms with Crippen molar-refractivity contribution in [3.8, 4) is 22.9 Å². The maximum atomic E-state index is 5.91. The van der Waals surface area contributed by atoms with Crippen molar-refractivity contribution in [1.82, 2.24) is 14.9 Å². The van der Waals surface area contributed by atoms with Gasteiger partial charge in [0.15, 0.2) is 5.11 Å². The van der Waals surface area contributed by atoms with Crippen LogP contribution >= 0.6 is 12.2 Å². The number of nitrogens with zero attached hydrogens (tertiary/aromatic N) is 3. The molecule has 2 atom stereocenters. The topological polar surface area (TPSA) is 60.8 Å². The highest BCUT2D eigenvalue weighted by Gasteiger charge is 2.43. The second-order valence-corrected chi connectivity index (χ2v) is 8.65. The van der Waals surface area contributed by atoms with E-state index in [1.807, 2.05) is 61.5 Å². The number of aromatic nitrogens is 2. The monoisotopic (exact) mass is 500 g/mol. The molecule has 0 bridgehead atoms. The van der Waals surface area contributed by atoms with Gasteiger partial charge in [-0.15, -0.1) is 0 Å². The van der Waals surface area contributed by atoms with E-state index >= 15 is 0 Å². The fourth-order valence-corrected chi connectivity index (χ4v) is 4.98. The van der Waals surface area contributed by atoms with Gasteiger partial charge in [-0.05, 0) is 79.8 Å². The Balaban J connectivity index is 1.66. The van der Waals surface area contributed by atoms with Crippen molar-refractivity contribution in [1.29, 1.82) is 0 Å². The molecule has 2 aromatic carbocycles. The molecule has 2 aromatic heterocycles. The molecule has 1 aliphatic heterocycles. The lowest BCUT2D eigenvalue weighted by molar-refractivity contribution is 0.340. The average Bonchev–Trinajstić information content (AvgIpc) is 3.53. The molecule has 4 aromatic rings. The van der Waals surface area contributed by atoms with E-state index in [0.717, 1.165) is 34.3 Å². The molecule has 0 saturated carbocycles. The zero-order chi connectivity index (χ0) is 25.1. The van der Waals surface area contributed by atoms with Crippen LogP contribution in [0.2, 0.25) is 0 Å². The quantitative estimate of drug-likeness (QED) is 0.322. The molecule has 5 rings (SSSR count). The van der Waals surface area contributed by atoms with E-state index in [1.165, 1.54) is 0 Å². The first-order valence-electron chi connectivity index (χ1n) is 11.8. The van der Waals surface area contributed by atoms with E-state index in [0.29, 0.717) is 17.5 Å². The summed E-state index contributed by atoms with van der Waals surface area (Å²) in [4.78, 5) is 6.76. The summed E-state index contributed by atoms with van der Waals surface area (Å²) >= 11 is 5.91. The van der Waals surface area contributed by atoms with Gasteiger partial charge in [-0.25, -0.2) is 0 Å². The van der Waals surface area contributed by atoms with Crippen molar-refractivity contribution in [2.75, 3.05) is 25.7 Å². The Kier molecular flexibility index (Phi) is 6.77. The Morgan fingerprint density at radius 3 is 2.44 bits per heavy atom. The van der Waals surface area contributed by atoms with E-state index < -0.39 is 0 Å². The highest BCUT2D eigenvalue weighted by atomic mass is 32.1. The maximum absolute atomic E-state index is 5.91. The van der Waals surface area contributed by atoms with E-state index in [-0.39, 0.29) is 12.1 Å². The van der Waals surface area contributed by atoms with Crippen molar-refractivity contribution < 1.29 is 14.2 Å². The number of rotatable bonds is 8. The van der Waals surface area contributed by atoms with Crippen LogP contribution in [0.3, 0.4) is 0 Å². The van der Waals surface area contributed by atoms with Gasteiger partial charge in [0.1, 0.15) is 23.3 Å². The van der Waals surface area contributed by atoms with Crippen LogP contribution in [0.25, 0.3) is 5.69 Å². The number of ether oxygens (including phenoxy) is 3. The van der Waals surface area contributed by atoms with Crippen molar-refractivity contribution in [2.45, 2.75) is 19.0 Å². The van der Waals surface area contributed by atoms with E-state index in [4.69, 9.17) is 26.4 Å². The number of anilines is 1. The molecule has 1 N–H and O–H groups in total. The molecule has 0 amide bonds. The van der Waals surface area contributed by atoms with Crippen LogP contribution < -0.4 is 24.4 Å². The number of pyridine rings is 1. The van der Waals surface area contributed by atoms with Crippen LogP contribution in [0, 0.1) is 0 Å². The first kappa shape index (κ1) is 23.7. The molecule has 7 nitrogen and oxygen atoms in total. The third-order valence-corrected chi connectivity index (χ3v) is 6.57. The molecule has 8 heteroatoms. The molecule has 36 heavy (non-hydrogen) atoms. The SMILES string of the molecule is CCOc1ccc(-n2cccc2[C@@H]2[C@H](c3ccccn3)NC(=S)N2c2cc(OC)ccc2OC)cc1. The number of methoxy groups -OCH3 is 2. The summed E-state index contributed by atoms with van der Waals surface area (Å²) in [7, 11) is 3.31. The Labute approximate surface area is 216 Å². The molecular formula is C28H28N4O3S. The predicted octanol–water partition coefficient (Wildman–Crippen LogP) is 5.47. The lowest BCUT2D eigenvalue weighted by Gasteiger charge is -2.30. The highest BCUT2D eigenvalue weighted by molar-refractivity contribution is 7.80. The Hall–Kier alpha value is -4.04. The van der Waals surface area contributed by atoms with Crippen molar-refractivity contribution >= 4 is 23.0 Å². The van der Waals surface area contributed by atoms with Crippen LogP contribution in [0.15, 0.2) is 85.2 Å². The third kappa shape index (κ3) is 4.35. The summed E-state index contributed by atoms with van der Waals surface area (Å²) in [6.45, 7) is 2.61. The lowest BCUT2D eigenvalue weighted by atomic mass is 10.0. The molecule has 0 radical (unpaired) electrons. The van der Waals surface area contributed by atoms with Gasteiger partial charge < -0.3 is 29.0 Å². The van der Waals surface area contributed by atoms with Gasteiger partial charge in [0, 0.05) is 29.8 Å². The molecule has 1 fully saturated rings. The summed E-state index contributed by atoms with van der Waals surface area (Å²) in [5.74, 6) is 2.26. The summed E-state index contributed by atoms with van der Waals surface area (Å²) in [6.07, 6.45) is 3.86. The lowest BCUT2D eigenvalue weighted by Crippen LogP contribution is -2.30. The van der Waals surface area contributed by atoms with Crippen molar-refractivity contribution in [3.05, 3.63) is 96.6 Å². The Morgan fingerprint density at radius 2 is 1.75 bits per heavy atom. The molecule has 0 aliphatic carbocycles. The number of hydrogen-bond donors (Lipinski definition) is 1. The number of nitrogens with one attached hydrogen (secondary N) is 1. The standard InChI is InChI=1S/C28H28N4O3S/c1-4-35-20-12-10-19(11-13-20)31-17-7-9-23(31)27-26(22-8-5-6-16-29-22)30-28(36)32(27)24-18-21(33-2)14-15-25(24)34-3/h5-18,26-27H,4H2,1-3H3,(H,30,36)/t26-,27+/m0/s1.